The first-order valence-electron chi connectivity index (χ1n) is 7.34. The van der Waals surface area contributed by atoms with Crippen LogP contribution in [0.4, 0.5) is 0 Å². The molecule has 2 saturated heterocycles. The number of nitrogens with zero attached hydrogens (tertiary/aromatic N) is 1. The zero-order chi connectivity index (χ0) is 13.2. The van der Waals surface area contributed by atoms with Crippen molar-refractivity contribution in [3.63, 3.8) is 0 Å². The summed E-state index contributed by atoms with van der Waals surface area (Å²) >= 11 is 0. The van der Waals surface area contributed by atoms with Crippen LogP contribution in [0, 0.1) is 11.8 Å². The third kappa shape index (κ3) is 2.63. The molecule has 2 aliphatic rings. The summed E-state index contributed by atoms with van der Waals surface area (Å²) in [5.74, 6) is 2.77. The highest BCUT2D eigenvalue weighted by molar-refractivity contribution is 5.33. The van der Waals surface area contributed by atoms with Gasteiger partial charge in [-0.1, -0.05) is 18.2 Å². The van der Waals surface area contributed by atoms with Gasteiger partial charge in [0, 0.05) is 19.1 Å². The van der Waals surface area contributed by atoms with E-state index < -0.39 is 0 Å². The lowest BCUT2D eigenvalue weighted by Gasteiger charge is -2.25. The Morgan fingerprint density at radius 3 is 2.63 bits per heavy atom. The highest BCUT2D eigenvalue weighted by Crippen LogP contribution is 2.29. The van der Waals surface area contributed by atoms with Gasteiger partial charge < -0.3 is 10.1 Å². The molecule has 0 aromatic heterocycles. The topological polar surface area (TPSA) is 24.5 Å². The standard InChI is InChI=1S/C16H24N2O/c1-12(7-13-5-3-4-6-16(13)19-2)18-10-14-8-17-9-15(14)11-18/h3-6,12,14-15,17H,7-11H2,1-2H3. The third-order valence-electron chi connectivity index (χ3n) is 4.75. The highest BCUT2D eigenvalue weighted by atomic mass is 16.5. The van der Waals surface area contributed by atoms with Crippen LogP contribution in [0.5, 0.6) is 5.75 Å². The lowest BCUT2D eigenvalue weighted by Crippen LogP contribution is -2.35. The molecule has 1 N–H and O–H groups in total. The van der Waals surface area contributed by atoms with Gasteiger partial charge in [-0.3, -0.25) is 4.90 Å². The van der Waals surface area contributed by atoms with Crippen molar-refractivity contribution >= 4 is 0 Å². The van der Waals surface area contributed by atoms with Gasteiger partial charge in [0.25, 0.3) is 0 Å². The number of ether oxygens (including phenoxy) is 1. The monoisotopic (exact) mass is 260 g/mol. The second kappa shape index (κ2) is 5.51. The number of nitrogens with one attached hydrogen (secondary N) is 1. The van der Waals surface area contributed by atoms with Crippen molar-refractivity contribution in [1.82, 2.24) is 10.2 Å². The van der Waals surface area contributed by atoms with Gasteiger partial charge in [0.05, 0.1) is 7.11 Å². The van der Waals surface area contributed by atoms with E-state index in [1.54, 1.807) is 7.11 Å². The van der Waals surface area contributed by atoms with Crippen molar-refractivity contribution in [2.75, 3.05) is 33.3 Å². The first-order chi connectivity index (χ1) is 9.28. The Bertz CT molecular complexity index is 423. The first kappa shape index (κ1) is 12.9. The summed E-state index contributed by atoms with van der Waals surface area (Å²) in [7, 11) is 1.76. The van der Waals surface area contributed by atoms with E-state index in [9.17, 15) is 0 Å². The van der Waals surface area contributed by atoms with Crippen LogP contribution in [0.15, 0.2) is 24.3 Å². The lowest BCUT2D eigenvalue weighted by molar-refractivity contribution is 0.238. The Morgan fingerprint density at radius 2 is 1.95 bits per heavy atom. The molecular formula is C16H24N2O. The molecule has 2 heterocycles. The van der Waals surface area contributed by atoms with Gasteiger partial charge in [0.15, 0.2) is 0 Å². The fraction of sp³-hybridized carbons (Fsp3) is 0.625. The normalized spacial score (nSPS) is 28.3. The zero-order valence-corrected chi connectivity index (χ0v) is 11.9. The molecule has 3 rings (SSSR count). The maximum absolute atomic E-state index is 5.45. The van der Waals surface area contributed by atoms with Crippen molar-refractivity contribution in [1.29, 1.82) is 0 Å². The summed E-state index contributed by atoms with van der Waals surface area (Å²) in [5.41, 5.74) is 1.33. The molecule has 2 fully saturated rings. The second-order valence-electron chi connectivity index (χ2n) is 6.00. The minimum absolute atomic E-state index is 0.599. The molecule has 1 aromatic rings. The molecule has 3 nitrogen and oxygen atoms in total. The van der Waals surface area contributed by atoms with Crippen molar-refractivity contribution in [3.8, 4) is 5.75 Å². The summed E-state index contributed by atoms with van der Waals surface area (Å²) in [6.07, 6.45) is 1.08. The van der Waals surface area contributed by atoms with E-state index in [1.165, 1.54) is 31.7 Å². The van der Waals surface area contributed by atoms with Gasteiger partial charge in [0.2, 0.25) is 0 Å². The SMILES string of the molecule is COc1ccccc1CC(C)N1CC2CNCC2C1. The number of benzene rings is 1. The maximum atomic E-state index is 5.45. The van der Waals surface area contributed by atoms with Crippen molar-refractivity contribution in [2.45, 2.75) is 19.4 Å². The molecule has 3 unspecified atom stereocenters. The largest absolute Gasteiger partial charge is 0.496 e. The number of para-hydroxylation sites is 1. The van der Waals surface area contributed by atoms with Crippen LogP contribution >= 0.6 is 0 Å². The van der Waals surface area contributed by atoms with Gasteiger partial charge in [-0.15, -0.1) is 0 Å². The van der Waals surface area contributed by atoms with Gasteiger partial charge in [0.1, 0.15) is 5.75 Å². The van der Waals surface area contributed by atoms with Crippen LogP contribution in [-0.4, -0.2) is 44.2 Å². The van der Waals surface area contributed by atoms with E-state index in [2.05, 4.69) is 35.3 Å². The Balaban J connectivity index is 1.63. The number of methoxy groups -OCH3 is 1. The summed E-state index contributed by atoms with van der Waals surface area (Å²) in [6.45, 7) is 7.29. The van der Waals surface area contributed by atoms with E-state index in [0.717, 1.165) is 24.0 Å². The average Bonchev–Trinajstić information content (AvgIpc) is 3.00. The smallest absolute Gasteiger partial charge is 0.122 e. The summed E-state index contributed by atoms with van der Waals surface area (Å²) in [5, 5.41) is 3.51. The van der Waals surface area contributed by atoms with Crippen molar-refractivity contribution in [3.05, 3.63) is 29.8 Å². The van der Waals surface area contributed by atoms with Crippen LogP contribution < -0.4 is 10.1 Å². The van der Waals surface area contributed by atoms with E-state index in [1.807, 2.05) is 6.07 Å². The number of hydrogen-bond acceptors (Lipinski definition) is 3. The number of hydrogen-bond donors (Lipinski definition) is 1. The van der Waals surface area contributed by atoms with E-state index in [-0.39, 0.29) is 0 Å². The zero-order valence-electron chi connectivity index (χ0n) is 11.9. The molecule has 104 valence electrons. The van der Waals surface area contributed by atoms with Crippen LogP contribution in [0.3, 0.4) is 0 Å². The summed E-state index contributed by atoms with van der Waals surface area (Å²) in [4.78, 5) is 2.66. The van der Waals surface area contributed by atoms with E-state index in [0.29, 0.717) is 6.04 Å². The molecule has 2 aliphatic heterocycles. The molecule has 0 saturated carbocycles. The number of fused-ring (bicyclic) bond motifs is 1. The van der Waals surface area contributed by atoms with Crippen molar-refractivity contribution in [2.24, 2.45) is 11.8 Å². The third-order valence-corrected chi connectivity index (χ3v) is 4.75. The van der Waals surface area contributed by atoms with Crippen LogP contribution in [-0.2, 0) is 6.42 Å². The quantitative estimate of drug-likeness (QED) is 0.893. The number of rotatable bonds is 4. The molecule has 0 spiro atoms. The lowest BCUT2D eigenvalue weighted by atomic mass is 10.0. The fourth-order valence-electron chi connectivity index (χ4n) is 3.57. The molecule has 0 radical (unpaired) electrons. The molecule has 19 heavy (non-hydrogen) atoms. The molecule has 1 aromatic carbocycles. The summed E-state index contributed by atoms with van der Waals surface area (Å²) in [6, 6.07) is 8.99. The van der Waals surface area contributed by atoms with Gasteiger partial charge in [-0.25, -0.2) is 0 Å². The molecular weight excluding hydrogens is 236 g/mol. The molecule has 0 aliphatic carbocycles. The second-order valence-corrected chi connectivity index (χ2v) is 6.00. The maximum Gasteiger partial charge on any atom is 0.122 e. The highest BCUT2D eigenvalue weighted by Gasteiger charge is 2.37. The summed E-state index contributed by atoms with van der Waals surface area (Å²) < 4.78 is 5.45. The molecule has 0 bridgehead atoms. The number of likely N-dealkylation sites (tertiary alicyclic amines) is 1. The van der Waals surface area contributed by atoms with Crippen LogP contribution in [0.2, 0.25) is 0 Å². The Kier molecular flexibility index (Phi) is 3.76. The predicted molar refractivity (Wildman–Crippen MR) is 77.6 cm³/mol. The van der Waals surface area contributed by atoms with Crippen LogP contribution in [0.25, 0.3) is 0 Å². The first-order valence-corrected chi connectivity index (χ1v) is 7.34. The van der Waals surface area contributed by atoms with E-state index >= 15 is 0 Å². The molecule has 3 atom stereocenters. The minimum Gasteiger partial charge on any atom is -0.496 e. The van der Waals surface area contributed by atoms with Gasteiger partial charge >= 0.3 is 0 Å². The minimum atomic E-state index is 0.599. The van der Waals surface area contributed by atoms with Gasteiger partial charge in [-0.2, -0.15) is 0 Å². The molecule has 0 amide bonds. The Morgan fingerprint density at radius 1 is 1.26 bits per heavy atom. The molecule has 3 heteroatoms. The van der Waals surface area contributed by atoms with Crippen LogP contribution in [0.1, 0.15) is 12.5 Å². The predicted octanol–water partition coefficient (Wildman–Crippen LogP) is 1.78. The van der Waals surface area contributed by atoms with Gasteiger partial charge in [-0.05, 0) is 49.9 Å². The van der Waals surface area contributed by atoms with Crippen molar-refractivity contribution < 1.29 is 4.74 Å². The fourth-order valence-corrected chi connectivity index (χ4v) is 3.57. The Labute approximate surface area is 115 Å². The van der Waals surface area contributed by atoms with E-state index in [4.69, 9.17) is 4.74 Å². The Hall–Kier alpha value is -1.06. The average molecular weight is 260 g/mol.